The van der Waals surface area contributed by atoms with E-state index >= 15 is 0 Å². The number of carbonyl (C=O) groups excluding carboxylic acids is 2. The maximum Gasteiger partial charge on any atom is 0.243 e. The molecule has 0 aromatic rings. The third-order valence-electron chi connectivity index (χ3n) is 2.28. The Hall–Kier alpha value is -0.390. The van der Waals surface area contributed by atoms with E-state index in [9.17, 15) is 9.59 Å². The van der Waals surface area contributed by atoms with Crippen molar-refractivity contribution in [1.82, 2.24) is 5.32 Å². The van der Waals surface area contributed by atoms with Gasteiger partial charge in [-0.1, -0.05) is 32.3 Å². The lowest BCUT2D eigenvalue weighted by Crippen LogP contribution is -2.21. The molecule has 92 valence electrons. The molecule has 0 saturated heterocycles. The van der Waals surface area contributed by atoms with E-state index in [4.69, 9.17) is 0 Å². The zero-order valence-corrected chi connectivity index (χ0v) is 11.8. The number of rotatable bonds is 10. The number of nitrogens with one attached hydrogen (secondary N) is 1. The highest BCUT2D eigenvalue weighted by molar-refractivity contribution is 14.1. The predicted molar refractivity (Wildman–Crippen MR) is 74.6 cm³/mol. The molecule has 0 aromatic heterocycles. The minimum atomic E-state index is -0.0967. The summed E-state index contributed by atoms with van der Waals surface area (Å²) in [5.41, 5.74) is 0. The Morgan fingerprint density at radius 3 is 2.19 bits per heavy atom. The van der Waals surface area contributed by atoms with Gasteiger partial charge < -0.3 is 5.32 Å². The molecule has 0 atom stereocenters. The molecule has 0 fully saturated rings. The molecule has 0 aliphatic carbocycles. The van der Waals surface area contributed by atoms with Crippen LogP contribution in [0.15, 0.2) is 12.7 Å². The lowest BCUT2D eigenvalue weighted by molar-refractivity contribution is -0.116. The Morgan fingerprint density at radius 2 is 1.62 bits per heavy atom. The number of hydrogen-bond donors (Lipinski definition) is 1. The normalized spacial score (nSPS) is 9.81. The Morgan fingerprint density at radius 1 is 1.06 bits per heavy atom. The molecule has 0 unspecified atom stereocenters. The molecule has 3 nitrogen and oxygen atoms in total. The standard InChI is InChI=1S/C12H20INO2/c1-2-12(16)14-10-8-6-4-3-5-7-9-11(13)15/h2H,1,3-10H2,(H,14,16). The SMILES string of the molecule is C=CC(=O)NCCCCCCCCC(=O)I. The molecular formula is C12H20INO2. The van der Waals surface area contributed by atoms with Gasteiger partial charge in [0.25, 0.3) is 0 Å². The quantitative estimate of drug-likeness (QED) is 0.288. The van der Waals surface area contributed by atoms with Crippen molar-refractivity contribution < 1.29 is 9.59 Å². The predicted octanol–water partition coefficient (Wildman–Crippen LogP) is 2.98. The van der Waals surface area contributed by atoms with E-state index in [1.165, 1.54) is 18.9 Å². The van der Waals surface area contributed by atoms with Gasteiger partial charge in [0, 0.05) is 13.0 Å². The van der Waals surface area contributed by atoms with Crippen molar-refractivity contribution in [3.63, 3.8) is 0 Å². The van der Waals surface area contributed by atoms with Gasteiger partial charge in [0.2, 0.25) is 5.91 Å². The summed E-state index contributed by atoms with van der Waals surface area (Å²) >= 11 is 1.84. The van der Waals surface area contributed by atoms with Gasteiger partial charge >= 0.3 is 0 Å². The first-order chi connectivity index (χ1) is 7.66. The minimum Gasteiger partial charge on any atom is -0.353 e. The first-order valence-corrected chi connectivity index (χ1v) is 6.83. The van der Waals surface area contributed by atoms with Crippen LogP contribution < -0.4 is 5.32 Å². The van der Waals surface area contributed by atoms with E-state index < -0.39 is 0 Å². The first kappa shape index (κ1) is 15.6. The van der Waals surface area contributed by atoms with Crippen molar-refractivity contribution in [2.75, 3.05) is 6.54 Å². The van der Waals surface area contributed by atoms with Crippen LogP contribution in [-0.4, -0.2) is 16.2 Å². The molecule has 0 aliphatic rings. The second-order valence-corrected chi connectivity index (χ2v) is 4.92. The van der Waals surface area contributed by atoms with Crippen LogP contribution >= 0.6 is 22.6 Å². The van der Waals surface area contributed by atoms with Crippen molar-refractivity contribution in [3.8, 4) is 0 Å². The summed E-state index contributed by atoms with van der Waals surface area (Å²) in [6, 6.07) is 0. The molecule has 16 heavy (non-hydrogen) atoms. The minimum absolute atomic E-state index is 0.0967. The van der Waals surface area contributed by atoms with Crippen LogP contribution in [0.1, 0.15) is 44.9 Å². The van der Waals surface area contributed by atoms with Crippen molar-refractivity contribution in [2.45, 2.75) is 44.9 Å². The van der Waals surface area contributed by atoms with E-state index in [0.717, 1.165) is 32.2 Å². The van der Waals surface area contributed by atoms with Gasteiger partial charge in [0.1, 0.15) is 0 Å². The highest BCUT2D eigenvalue weighted by atomic mass is 127. The third kappa shape index (κ3) is 11.7. The van der Waals surface area contributed by atoms with Crippen LogP contribution in [0.5, 0.6) is 0 Å². The van der Waals surface area contributed by atoms with E-state index in [1.54, 1.807) is 0 Å². The maximum absolute atomic E-state index is 10.8. The fraction of sp³-hybridized carbons (Fsp3) is 0.667. The number of amides is 1. The molecule has 0 saturated carbocycles. The summed E-state index contributed by atoms with van der Waals surface area (Å²) in [6.07, 6.45) is 8.65. The van der Waals surface area contributed by atoms with Crippen LogP contribution in [-0.2, 0) is 9.59 Å². The van der Waals surface area contributed by atoms with Crippen molar-refractivity contribution in [1.29, 1.82) is 0 Å². The zero-order valence-electron chi connectivity index (χ0n) is 9.64. The van der Waals surface area contributed by atoms with E-state index in [1.807, 2.05) is 22.6 Å². The smallest absolute Gasteiger partial charge is 0.243 e. The lowest BCUT2D eigenvalue weighted by atomic mass is 10.1. The van der Waals surface area contributed by atoms with Crippen molar-refractivity contribution >= 4 is 32.3 Å². The van der Waals surface area contributed by atoms with Gasteiger partial charge in [0.15, 0.2) is 3.79 Å². The zero-order chi connectivity index (χ0) is 12.2. The fourth-order valence-electron chi connectivity index (χ4n) is 1.38. The van der Waals surface area contributed by atoms with Crippen LogP contribution in [0, 0.1) is 0 Å². The van der Waals surface area contributed by atoms with Crippen molar-refractivity contribution in [3.05, 3.63) is 12.7 Å². The fourth-order valence-corrected chi connectivity index (χ4v) is 1.76. The maximum atomic E-state index is 10.8. The molecule has 0 aromatic carbocycles. The van der Waals surface area contributed by atoms with Gasteiger partial charge in [-0.3, -0.25) is 9.59 Å². The van der Waals surface area contributed by atoms with Crippen LogP contribution in [0.3, 0.4) is 0 Å². The highest BCUT2D eigenvalue weighted by Gasteiger charge is 1.96. The molecule has 0 spiro atoms. The summed E-state index contributed by atoms with van der Waals surface area (Å²) in [5, 5.41) is 2.75. The molecule has 0 heterocycles. The first-order valence-electron chi connectivity index (χ1n) is 5.75. The highest BCUT2D eigenvalue weighted by Crippen LogP contribution is 2.08. The number of unbranched alkanes of at least 4 members (excludes halogenated alkanes) is 5. The van der Waals surface area contributed by atoms with Gasteiger partial charge in [-0.25, -0.2) is 0 Å². The summed E-state index contributed by atoms with van der Waals surface area (Å²) in [6.45, 7) is 4.12. The average Bonchev–Trinajstić information content (AvgIpc) is 2.26. The molecular weight excluding hydrogens is 317 g/mol. The topological polar surface area (TPSA) is 46.2 Å². The molecule has 0 rings (SSSR count). The molecule has 4 heteroatoms. The summed E-state index contributed by atoms with van der Waals surface area (Å²) < 4.78 is 0.254. The molecule has 0 radical (unpaired) electrons. The van der Waals surface area contributed by atoms with Gasteiger partial charge in [-0.2, -0.15) is 0 Å². The Labute approximate surface area is 111 Å². The molecule has 0 bridgehead atoms. The van der Waals surface area contributed by atoms with Crippen LogP contribution in [0.25, 0.3) is 0 Å². The summed E-state index contributed by atoms with van der Waals surface area (Å²) in [7, 11) is 0. The van der Waals surface area contributed by atoms with Crippen LogP contribution in [0.4, 0.5) is 0 Å². The van der Waals surface area contributed by atoms with Gasteiger partial charge in [-0.15, -0.1) is 0 Å². The van der Waals surface area contributed by atoms with Crippen LogP contribution in [0.2, 0.25) is 0 Å². The second-order valence-electron chi connectivity index (χ2n) is 3.72. The largest absolute Gasteiger partial charge is 0.353 e. The second kappa shape index (κ2) is 11.1. The van der Waals surface area contributed by atoms with E-state index in [-0.39, 0.29) is 9.70 Å². The Balaban J connectivity index is 3.07. The molecule has 1 N–H and O–H groups in total. The average molecular weight is 337 g/mol. The summed E-state index contributed by atoms with van der Waals surface area (Å²) in [4.78, 5) is 21.4. The monoisotopic (exact) mass is 337 g/mol. The van der Waals surface area contributed by atoms with Gasteiger partial charge in [0.05, 0.1) is 0 Å². The summed E-state index contributed by atoms with van der Waals surface area (Å²) in [5.74, 6) is -0.0967. The Kier molecular flexibility index (Phi) is 10.8. The van der Waals surface area contributed by atoms with E-state index in [0.29, 0.717) is 6.42 Å². The Bertz CT molecular complexity index is 229. The van der Waals surface area contributed by atoms with Gasteiger partial charge in [-0.05, 0) is 41.5 Å². The number of hydrogen-bond acceptors (Lipinski definition) is 2. The lowest BCUT2D eigenvalue weighted by Gasteiger charge is -2.02. The van der Waals surface area contributed by atoms with Crippen molar-refractivity contribution in [2.24, 2.45) is 0 Å². The molecule has 0 aliphatic heterocycles. The number of carbonyl (C=O) groups is 2. The number of halogens is 1. The molecule has 1 amide bonds. The van der Waals surface area contributed by atoms with E-state index in [2.05, 4.69) is 11.9 Å². The third-order valence-corrected chi connectivity index (χ3v) is 2.82.